The Labute approximate surface area is 153 Å². The number of carbonyl (C=O) groups is 1. The van der Waals surface area contributed by atoms with Crippen LogP contribution < -0.4 is 4.90 Å². The molecule has 1 amide bonds. The second kappa shape index (κ2) is 7.05. The van der Waals surface area contributed by atoms with Gasteiger partial charge in [-0.25, -0.2) is 4.98 Å². The first kappa shape index (κ1) is 17.0. The lowest BCUT2D eigenvalue weighted by atomic mass is 10.1. The van der Waals surface area contributed by atoms with Gasteiger partial charge in [0.2, 0.25) is 5.91 Å². The molecule has 2 aliphatic rings. The normalized spacial score (nSPS) is 19.0. The zero-order chi connectivity index (χ0) is 18.1. The highest BCUT2D eigenvalue weighted by Crippen LogP contribution is 2.26. The van der Waals surface area contributed by atoms with E-state index in [9.17, 15) is 4.79 Å². The number of rotatable bonds is 4. The number of amides is 1. The van der Waals surface area contributed by atoms with Gasteiger partial charge in [-0.1, -0.05) is 31.8 Å². The molecular formula is C19H25N5O2. The van der Waals surface area contributed by atoms with E-state index < -0.39 is 0 Å². The van der Waals surface area contributed by atoms with Crippen LogP contribution in [-0.4, -0.2) is 51.6 Å². The van der Waals surface area contributed by atoms with E-state index in [1.807, 2.05) is 30.9 Å². The zero-order valence-electron chi connectivity index (χ0n) is 15.4. The Kier molecular flexibility index (Phi) is 4.61. The quantitative estimate of drug-likeness (QED) is 0.839. The van der Waals surface area contributed by atoms with Gasteiger partial charge < -0.3 is 14.3 Å². The minimum atomic E-state index is 0.215. The molecule has 0 bridgehead atoms. The monoisotopic (exact) mass is 355 g/mol. The summed E-state index contributed by atoms with van der Waals surface area (Å²) in [6.07, 6.45) is 6.54. The molecule has 2 fully saturated rings. The lowest BCUT2D eigenvalue weighted by Crippen LogP contribution is -2.53. The van der Waals surface area contributed by atoms with E-state index in [1.54, 1.807) is 6.20 Å². The van der Waals surface area contributed by atoms with Crippen LogP contribution in [0.1, 0.15) is 51.3 Å². The van der Waals surface area contributed by atoms with E-state index in [2.05, 4.69) is 20.0 Å². The van der Waals surface area contributed by atoms with Crippen molar-refractivity contribution in [3.8, 4) is 11.5 Å². The molecule has 138 valence electrons. The molecule has 0 N–H and O–H groups in total. The van der Waals surface area contributed by atoms with Gasteiger partial charge in [0.15, 0.2) is 5.82 Å². The summed E-state index contributed by atoms with van der Waals surface area (Å²) in [5.41, 5.74) is 0.795. The molecule has 26 heavy (non-hydrogen) atoms. The fraction of sp³-hybridized carbons (Fsp3) is 0.579. The number of hydrogen-bond donors (Lipinski definition) is 0. The van der Waals surface area contributed by atoms with Crippen molar-refractivity contribution in [3.63, 3.8) is 0 Å². The van der Waals surface area contributed by atoms with Crippen LogP contribution in [0.2, 0.25) is 0 Å². The van der Waals surface area contributed by atoms with E-state index in [4.69, 9.17) is 4.52 Å². The predicted molar refractivity (Wildman–Crippen MR) is 97.8 cm³/mol. The topological polar surface area (TPSA) is 75.4 Å². The molecule has 2 aromatic rings. The summed E-state index contributed by atoms with van der Waals surface area (Å²) >= 11 is 0. The van der Waals surface area contributed by atoms with Gasteiger partial charge >= 0.3 is 0 Å². The van der Waals surface area contributed by atoms with Gasteiger partial charge in [0.1, 0.15) is 5.82 Å². The number of aromatic nitrogens is 3. The fourth-order valence-electron chi connectivity index (χ4n) is 3.77. The molecule has 2 aromatic heterocycles. The zero-order valence-corrected chi connectivity index (χ0v) is 15.4. The summed E-state index contributed by atoms with van der Waals surface area (Å²) in [6.45, 7) is 6.07. The van der Waals surface area contributed by atoms with Crippen molar-refractivity contribution < 1.29 is 9.32 Å². The second-order valence-electron chi connectivity index (χ2n) is 7.46. The maximum absolute atomic E-state index is 12.5. The molecule has 0 aromatic carbocycles. The summed E-state index contributed by atoms with van der Waals surface area (Å²) < 4.78 is 5.31. The lowest BCUT2D eigenvalue weighted by Gasteiger charge is -2.38. The highest BCUT2D eigenvalue weighted by molar-refractivity contribution is 5.82. The average molecular weight is 355 g/mol. The van der Waals surface area contributed by atoms with Gasteiger partial charge in [0.25, 0.3) is 5.89 Å². The minimum Gasteiger partial charge on any atom is -0.346 e. The number of piperazine rings is 1. The van der Waals surface area contributed by atoms with Gasteiger partial charge in [0.05, 0.1) is 12.1 Å². The maximum atomic E-state index is 12.5. The van der Waals surface area contributed by atoms with E-state index in [0.29, 0.717) is 24.3 Å². The minimum absolute atomic E-state index is 0.215. The Morgan fingerprint density at radius 3 is 2.62 bits per heavy atom. The SMILES string of the molecule is CC(C)c1noc(-c2ccc(N3CCN(C4CCCC4)C(=O)C3)nc2)n1. The fourth-order valence-corrected chi connectivity index (χ4v) is 3.77. The number of nitrogens with zero attached hydrogens (tertiary/aromatic N) is 5. The largest absolute Gasteiger partial charge is 0.346 e. The number of carbonyl (C=O) groups excluding carboxylic acids is 1. The average Bonchev–Trinajstić information content (AvgIpc) is 3.34. The van der Waals surface area contributed by atoms with Gasteiger partial charge in [-0.05, 0) is 25.0 Å². The van der Waals surface area contributed by atoms with Crippen molar-refractivity contribution in [1.29, 1.82) is 0 Å². The molecule has 1 aliphatic carbocycles. The van der Waals surface area contributed by atoms with Crippen LogP contribution in [0, 0.1) is 0 Å². The van der Waals surface area contributed by atoms with E-state index >= 15 is 0 Å². The van der Waals surface area contributed by atoms with Gasteiger partial charge in [-0.2, -0.15) is 4.98 Å². The number of hydrogen-bond acceptors (Lipinski definition) is 6. The molecule has 0 spiro atoms. The second-order valence-corrected chi connectivity index (χ2v) is 7.46. The highest BCUT2D eigenvalue weighted by Gasteiger charge is 2.31. The standard InChI is InChI=1S/C19H25N5O2/c1-13(2)18-21-19(26-22-18)14-7-8-16(20-11-14)23-9-10-24(17(25)12-23)15-5-3-4-6-15/h7-8,11,13,15H,3-6,9-10,12H2,1-2H3. The Morgan fingerprint density at radius 2 is 2.00 bits per heavy atom. The summed E-state index contributed by atoms with van der Waals surface area (Å²) in [6, 6.07) is 4.30. The van der Waals surface area contributed by atoms with Crippen molar-refractivity contribution in [2.75, 3.05) is 24.5 Å². The smallest absolute Gasteiger partial charge is 0.259 e. The first-order valence-corrected chi connectivity index (χ1v) is 9.46. The van der Waals surface area contributed by atoms with Gasteiger partial charge in [0, 0.05) is 31.2 Å². The summed E-state index contributed by atoms with van der Waals surface area (Å²) in [5, 5.41) is 3.99. The Balaban J connectivity index is 1.43. The van der Waals surface area contributed by atoms with E-state index in [1.165, 1.54) is 12.8 Å². The molecule has 1 saturated heterocycles. The Hall–Kier alpha value is -2.44. The molecule has 0 unspecified atom stereocenters. The van der Waals surface area contributed by atoms with Crippen molar-refractivity contribution >= 4 is 11.7 Å². The number of pyridine rings is 1. The van der Waals surface area contributed by atoms with Crippen molar-refractivity contribution in [1.82, 2.24) is 20.0 Å². The van der Waals surface area contributed by atoms with Crippen LogP contribution in [0.5, 0.6) is 0 Å². The molecule has 7 nitrogen and oxygen atoms in total. The van der Waals surface area contributed by atoms with Gasteiger partial charge in [-0.15, -0.1) is 0 Å². The van der Waals surface area contributed by atoms with Crippen LogP contribution in [-0.2, 0) is 4.79 Å². The van der Waals surface area contributed by atoms with Crippen molar-refractivity contribution in [2.24, 2.45) is 0 Å². The van der Waals surface area contributed by atoms with Crippen LogP contribution in [0.4, 0.5) is 5.82 Å². The van der Waals surface area contributed by atoms with E-state index in [-0.39, 0.29) is 11.8 Å². The third-order valence-electron chi connectivity index (χ3n) is 5.30. The van der Waals surface area contributed by atoms with Crippen molar-refractivity contribution in [2.45, 2.75) is 51.5 Å². The van der Waals surface area contributed by atoms with Crippen LogP contribution in [0.3, 0.4) is 0 Å². The molecule has 1 saturated carbocycles. The van der Waals surface area contributed by atoms with Gasteiger partial charge in [-0.3, -0.25) is 4.79 Å². The third-order valence-corrected chi connectivity index (χ3v) is 5.30. The van der Waals surface area contributed by atoms with Crippen LogP contribution in [0.15, 0.2) is 22.9 Å². The lowest BCUT2D eigenvalue weighted by molar-refractivity contribution is -0.133. The Morgan fingerprint density at radius 1 is 1.19 bits per heavy atom. The molecule has 3 heterocycles. The molecule has 0 radical (unpaired) electrons. The molecule has 1 aliphatic heterocycles. The first-order valence-electron chi connectivity index (χ1n) is 9.46. The first-order chi connectivity index (χ1) is 12.6. The molecular weight excluding hydrogens is 330 g/mol. The number of anilines is 1. The summed E-state index contributed by atoms with van der Waals surface area (Å²) in [4.78, 5) is 25.6. The molecule has 4 rings (SSSR count). The van der Waals surface area contributed by atoms with Crippen LogP contribution in [0.25, 0.3) is 11.5 Å². The van der Waals surface area contributed by atoms with E-state index in [0.717, 1.165) is 37.3 Å². The van der Waals surface area contributed by atoms with Crippen LogP contribution >= 0.6 is 0 Å². The predicted octanol–water partition coefficient (Wildman–Crippen LogP) is 2.85. The van der Waals surface area contributed by atoms with Crippen molar-refractivity contribution in [3.05, 3.63) is 24.2 Å². The third kappa shape index (κ3) is 3.30. The summed E-state index contributed by atoms with van der Waals surface area (Å²) in [7, 11) is 0. The molecule has 7 heteroatoms. The molecule has 0 atom stereocenters. The maximum Gasteiger partial charge on any atom is 0.259 e. The summed E-state index contributed by atoms with van der Waals surface area (Å²) in [5.74, 6) is 2.43. The Bertz CT molecular complexity index is 764. The highest BCUT2D eigenvalue weighted by atomic mass is 16.5.